The van der Waals surface area contributed by atoms with E-state index in [1.807, 2.05) is 0 Å². The molecule has 6 nitrogen and oxygen atoms in total. The molecule has 1 aromatic rings. The van der Waals surface area contributed by atoms with E-state index in [1.165, 1.54) is 19.1 Å². The first kappa shape index (κ1) is 18.9. The lowest BCUT2D eigenvalue weighted by Gasteiger charge is -2.32. The maximum absolute atomic E-state index is 13.1. The Bertz CT molecular complexity index is 798. The van der Waals surface area contributed by atoms with Gasteiger partial charge in [0, 0.05) is 19.2 Å². The molecule has 2 aliphatic carbocycles. The fraction of sp³-hybridized carbons (Fsp3) is 0.579. The summed E-state index contributed by atoms with van der Waals surface area (Å²) in [6, 6.07) is 6.30. The van der Waals surface area contributed by atoms with Crippen LogP contribution >= 0.6 is 0 Å². The topological polar surface area (TPSA) is 92.3 Å². The minimum Gasteiger partial charge on any atom is -0.350 e. The maximum atomic E-state index is 13.1. The van der Waals surface area contributed by atoms with Crippen molar-refractivity contribution >= 4 is 21.7 Å². The lowest BCUT2D eigenvalue weighted by molar-refractivity contribution is -0.133. The third-order valence-corrected chi connectivity index (χ3v) is 6.43. The lowest BCUT2D eigenvalue weighted by atomic mass is 9.90. The Hall–Kier alpha value is -1.89. The zero-order valence-electron chi connectivity index (χ0n) is 15.4. The molecule has 0 aliphatic heterocycles. The van der Waals surface area contributed by atoms with E-state index < -0.39 is 15.4 Å². The van der Waals surface area contributed by atoms with Crippen molar-refractivity contribution < 1.29 is 18.0 Å². The summed E-state index contributed by atoms with van der Waals surface area (Å²) in [5, 5.41) is 5.91. The summed E-state index contributed by atoms with van der Waals surface area (Å²) < 4.78 is 23.3. The van der Waals surface area contributed by atoms with Crippen LogP contribution < -0.4 is 10.6 Å². The van der Waals surface area contributed by atoms with Crippen molar-refractivity contribution in [1.82, 2.24) is 10.6 Å². The zero-order valence-corrected chi connectivity index (χ0v) is 16.2. The van der Waals surface area contributed by atoms with E-state index in [4.69, 9.17) is 0 Å². The van der Waals surface area contributed by atoms with Crippen LogP contribution in [0.5, 0.6) is 0 Å². The van der Waals surface area contributed by atoms with Crippen LogP contribution in [0.15, 0.2) is 29.2 Å². The Labute approximate surface area is 154 Å². The van der Waals surface area contributed by atoms with Crippen molar-refractivity contribution in [3.05, 3.63) is 29.8 Å². The Morgan fingerprint density at radius 2 is 1.58 bits per heavy atom. The highest BCUT2D eigenvalue weighted by molar-refractivity contribution is 7.90. The van der Waals surface area contributed by atoms with Crippen molar-refractivity contribution in [2.24, 2.45) is 11.8 Å². The Kier molecular flexibility index (Phi) is 4.86. The summed E-state index contributed by atoms with van der Waals surface area (Å²) >= 11 is 0. The van der Waals surface area contributed by atoms with Crippen LogP contribution in [0.2, 0.25) is 0 Å². The van der Waals surface area contributed by atoms with Crippen molar-refractivity contribution in [3.8, 4) is 0 Å². The summed E-state index contributed by atoms with van der Waals surface area (Å²) in [6.45, 7) is 3.03. The molecule has 2 N–H and O–H groups in total. The summed E-state index contributed by atoms with van der Waals surface area (Å²) in [5.74, 6) is 0.522. The highest BCUT2D eigenvalue weighted by Gasteiger charge is 2.45. The van der Waals surface area contributed by atoms with Gasteiger partial charge in [0.05, 0.1) is 4.90 Å². The number of rotatable bonds is 7. The number of nitrogens with one attached hydrogen (secondary N) is 2. The normalized spacial score (nSPS) is 19.7. The molecule has 2 fully saturated rings. The first-order valence-corrected chi connectivity index (χ1v) is 10.9. The fourth-order valence-electron chi connectivity index (χ4n) is 3.47. The van der Waals surface area contributed by atoms with Crippen LogP contribution in [-0.2, 0) is 25.0 Å². The molecule has 2 saturated carbocycles. The highest BCUT2D eigenvalue weighted by atomic mass is 32.2. The van der Waals surface area contributed by atoms with Crippen molar-refractivity contribution in [1.29, 1.82) is 0 Å². The van der Waals surface area contributed by atoms with Gasteiger partial charge in [-0.15, -0.1) is 0 Å². The molecule has 1 atom stereocenters. The summed E-state index contributed by atoms with van der Waals surface area (Å²) in [6.07, 6.45) is 5.70. The number of hydrogen-bond acceptors (Lipinski definition) is 4. The first-order valence-electron chi connectivity index (χ1n) is 9.01. The predicted molar refractivity (Wildman–Crippen MR) is 98.1 cm³/mol. The number of hydrogen-bond donors (Lipinski definition) is 2. The minimum atomic E-state index is -3.32. The van der Waals surface area contributed by atoms with Gasteiger partial charge in [-0.05, 0) is 62.1 Å². The smallest absolute Gasteiger partial charge is 0.250 e. The number of amides is 2. The van der Waals surface area contributed by atoms with Gasteiger partial charge in [0.25, 0.3) is 0 Å². The van der Waals surface area contributed by atoms with E-state index in [-0.39, 0.29) is 22.8 Å². The van der Waals surface area contributed by atoms with Crippen LogP contribution in [0.4, 0.5) is 0 Å². The molecule has 0 spiro atoms. The molecule has 3 rings (SSSR count). The maximum Gasteiger partial charge on any atom is 0.250 e. The molecular weight excluding hydrogens is 352 g/mol. The third kappa shape index (κ3) is 4.09. The molecule has 0 bridgehead atoms. The standard InChI is InChI=1S/C19H26N2O4S/c1-12(22)21-19(2,15-8-10-16(11-9-15)26(3,24)25)18(23)20-17(13-4-5-13)14-6-7-14/h8-11,13-14,17H,4-7H2,1-3H3,(H,20,23)(H,21,22)/t19-/m1/s1. The molecule has 142 valence electrons. The largest absolute Gasteiger partial charge is 0.350 e. The van der Waals surface area contributed by atoms with Crippen LogP contribution in [0.25, 0.3) is 0 Å². The fourth-order valence-corrected chi connectivity index (χ4v) is 4.11. The number of benzene rings is 1. The Morgan fingerprint density at radius 3 is 1.96 bits per heavy atom. The second-order valence-corrected chi connectivity index (χ2v) is 9.79. The first-order chi connectivity index (χ1) is 12.1. The molecule has 1 aromatic carbocycles. The Balaban J connectivity index is 1.87. The molecule has 0 heterocycles. The molecule has 2 aliphatic rings. The van der Waals surface area contributed by atoms with Gasteiger partial charge in [0.15, 0.2) is 9.84 Å². The van der Waals surface area contributed by atoms with Crippen LogP contribution in [0.3, 0.4) is 0 Å². The van der Waals surface area contributed by atoms with E-state index in [9.17, 15) is 18.0 Å². The zero-order chi connectivity index (χ0) is 19.1. The second-order valence-electron chi connectivity index (χ2n) is 7.78. The predicted octanol–water partition coefficient (Wildman–Crippen LogP) is 1.75. The van der Waals surface area contributed by atoms with E-state index >= 15 is 0 Å². The third-order valence-electron chi connectivity index (χ3n) is 5.30. The van der Waals surface area contributed by atoms with Gasteiger partial charge in [-0.2, -0.15) is 0 Å². The lowest BCUT2D eigenvalue weighted by Crippen LogP contribution is -2.56. The number of carbonyl (C=O) groups excluding carboxylic acids is 2. The van der Waals surface area contributed by atoms with Gasteiger partial charge in [-0.3, -0.25) is 9.59 Å². The molecule has 7 heteroatoms. The van der Waals surface area contributed by atoms with E-state index in [2.05, 4.69) is 10.6 Å². The van der Waals surface area contributed by atoms with Gasteiger partial charge >= 0.3 is 0 Å². The minimum absolute atomic E-state index is 0.172. The molecule has 2 amide bonds. The highest BCUT2D eigenvalue weighted by Crippen LogP contribution is 2.44. The van der Waals surface area contributed by atoms with Gasteiger partial charge in [0.1, 0.15) is 5.54 Å². The van der Waals surface area contributed by atoms with Gasteiger partial charge in [-0.1, -0.05) is 12.1 Å². The summed E-state index contributed by atoms with van der Waals surface area (Å²) in [4.78, 5) is 25.0. The average molecular weight is 378 g/mol. The van der Waals surface area contributed by atoms with Crippen molar-refractivity contribution in [2.45, 2.75) is 56.0 Å². The average Bonchev–Trinajstić information content (AvgIpc) is 3.44. The van der Waals surface area contributed by atoms with E-state index in [0.717, 1.165) is 31.9 Å². The van der Waals surface area contributed by atoms with Gasteiger partial charge < -0.3 is 10.6 Å². The van der Waals surface area contributed by atoms with Crippen LogP contribution in [0.1, 0.15) is 45.1 Å². The summed E-state index contributed by atoms with van der Waals surface area (Å²) in [7, 11) is -3.32. The quantitative estimate of drug-likeness (QED) is 0.756. The molecular formula is C19H26N2O4S. The molecule has 0 radical (unpaired) electrons. The van der Waals surface area contributed by atoms with Crippen molar-refractivity contribution in [3.63, 3.8) is 0 Å². The van der Waals surface area contributed by atoms with Gasteiger partial charge in [-0.25, -0.2) is 8.42 Å². The van der Waals surface area contributed by atoms with Crippen LogP contribution in [0, 0.1) is 11.8 Å². The monoisotopic (exact) mass is 378 g/mol. The van der Waals surface area contributed by atoms with Gasteiger partial charge in [0.2, 0.25) is 11.8 Å². The summed E-state index contributed by atoms with van der Waals surface area (Å²) in [5.41, 5.74) is -0.688. The van der Waals surface area contributed by atoms with E-state index in [0.29, 0.717) is 17.4 Å². The molecule has 0 unspecified atom stereocenters. The van der Waals surface area contributed by atoms with E-state index in [1.54, 1.807) is 19.1 Å². The molecule has 0 aromatic heterocycles. The number of sulfone groups is 1. The molecule has 0 saturated heterocycles. The van der Waals surface area contributed by atoms with Crippen LogP contribution in [-0.4, -0.2) is 32.5 Å². The Morgan fingerprint density at radius 1 is 1.08 bits per heavy atom. The number of carbonyl (C=O) groups is 2. The molecule has 26 heavy (non-hydrogen) atoms. The van der Waals surface area contributed by atoms with Crippen molar-refractivity contribution in [2.75, 3.05) is 6.26 Å². The second kappa shape index (κ2) is 6.68. The SMILES string of the molecule is CC(=O)N[C@@](C)(C(=O)NC(C1CC1)C1CC1)c1ccc(S(C)(=O)=O)cc1.